The second-order valence-corrected chi connectivity index (χ2v) is 3.69. The molecule has 80 valence electrons. The molecule has 2 N–H and O–H groups in total. The highest BCUT2D eigenvalue weighted by Gasteiger charge is 2.03. The number of aromatic nitrogens is 2. The Balaban J connectivity index is 1.90. The summed E-state index contributed by atoms with van der Waals surface area (Å²) in [7, 11) is 0. The molecule has 0 unspecified atom stereocenters. The van der Waals surface area contributed by atoms with Crippen molar-refractivity contribution in [2.24, 2.45) is 0 Å². The van der Waals surface area contributed by atoms with E-state index in [0.717, 1.165) is 37.7 Å². The zero-order valence-corrected chi connectivity index (χ0v) is 8.95. The van der Waals surface area contributed by atoms with Crippen LogP contribution in [0, 0.1) is 6.92 Å². The van der Waals surface area contributed by atoms with Gasteiger partial charge < -0.3 is 10.6 Å². The van der Waals surface area contributed by atoms with Gasteiger partial charge in [-0.2, -0.15) is 0 Å². The van der Waals surface area contributed by atoms with E-state index in [1.807, 2.05) is 13.0 Å². The van der Waals surface area contributed by atoms with Crippen molar-refractivity contribution in [1.29, 1.82) is 0 Å². The van der Waals surface area contributed by atoms with Crippen molar-refractivity contribution in [2.45, 2.75) is 13.3 Å². The first kappa shape index (κ1) is 10.1. The molecule has 15 heavy (non-hydrogen) atoms. The van der Waals surface area contributed by atoms with Crippen LogP contribution in [0.25, 0.3) is 0 Å². The molecule has 0 spiro atoms. The molecule has 0 bridgehead atoms. The Bertz CT molecular complexity index is 359. The molecule has 4 nitrogen and oxygen atoms in total. The maximum atomic E-state index is 4.29. The van der Waals surface area contributed by atoms with Gasteiger partial charge in [0.05, 0.1) is 0 Å². The van der Waals surface area contributed by atoms with Gasteiger partial charge >= 0.3 is 0 Å². The van der Waals surface area contributed by atoms with E-state index in [9.17, 15) is 0 Å². The maximum Gasteiger partial charge on any atom is 0.223 e. The van der Waals surface area contributed by atoms with Crippen LogP contribution in [0.1, 0.15) is 12.1 Å². The number of anilines is 1. The lowest BCUT2D eigenvalue weighted by Gasteiger charge is -2.14. The Morgan fingerprint density at radius 3 is 3.20 bits per heavy atom. The highest BCUT2D eigenvalue weighted by atomic mass is 15.1. The van der Waals surface area contributed by atoms with Crippen LogP contribution in [0.3, 0.4) is 0 Å². The molecule has 1 aromatic rings. The van der Waals surface area contributed by atoms with E-state index in [-0.39, 0.29) is 0 Å². The van der Waals surface area contributed by atoms with Gasteiger partial charge in [-0.25, -0.2) is 9.97 Å². The van der Waals surface area contributed by atoms with Crippen LogP contribution in [0.5, 0.6) is 0 Å². The van der Waals surface area contributed by atoms with Gasteiger partial charge in [0.1, 0.15) is 0 Å². The fraction of sp³-hybridized carbons (Fsp3) is 0.455. The summed E-state index contributed by atoms with van der Waals surface area (Å²) in [6.07, 6.45) is 5.12. The zero-order chi connectivity index (χ0) is 10.5. The molecule has 0 amide bonds. The first-order valence-electron chi connectivity index (χ1n) is 5.27. The van der Waals surface area contributed by atoms with E-state index in [4.69, 9.17) is 0 Å². The molecular weight excluding hydrogens is 188 g/mol. The van der Waals surface area contributed by atoms with Crippen LogP contribution in [-0.2, 0) is 0 Å². The fourth-order valence-electron chi connectivity index (χ4n) is 1.56. The predicted molar refractivity (Wildman–Crippen MR) is 60.8 cm³/mol. The van der Waals surface area contributed by atoms with E-state index in [2.05, 4.69) is 26.7 Å². The first-order valence-corrected chi connectivity index (χ1v) is 5.27. The summed E-state index contributed by atoms with van der Waals surface area (Å²) in [4.78, 5) is 8.45. The third kappa shape index (κ3) is 3.02. The molecule has 1 aliphatic rings. The standard InChI is InChI=1S/C11H16N4/c1-9-2-7-13-11(15-9)14-8-10-3-5-12-6-4-10/h2-3,7,12H,4-6,8H2,1H3,(H,13,14,15). The van der Waals surface area contributed by atoms with Crippen molar-refractivity contribution in [3.8, 4) is 0 Å². The van der Waals surface area contributed by atoms with Crippen LogP contribution in [-0.4, -0.2) is 29.6 Å². The zero-order valence-electron chi connectivity index (χ0n) is 8.95. The van der Waals surface area contributed by atoms with E-state index in [1.54, 1.807) is 6.20 Å². The monoisotopic (exact) mass is 204 g/mol. The Morgan fingerprint density at radius 2 is 2.47 bits per heavy atom. The molecule has 0 atom stereocenters. The first-order chi connectivity index (χ1) is 7.34. The number of hydrogen-bond donors (Lipinski definition) is 2. The second kappa shape index (κ2) is 4.89. The predicted octanol–water partition coefficient (Wildman–Crippen LogP) is 1.12. The fourth-order valence-corrected chi connectivity index (χ4v) is 1.56. The Morgan fingerprint density at radius 1 is 1.53 bits per heavy atom. The average Bonchev–Trinajstić information content (AvgIpc) is 2.28. The van der Waals surface area contributed by atoms with Crippen molar-refractivity contribution in [1.82, 2.24) is 15.3 Å². The largest absolute Gasteiger partial charge is 0.350 e. The topological polar surface area (TPSA) is 49.8 Å². The van der Waals surface area contributed by atoms with Gasteiger partial charge in [0, 0.05) is 25.0 Å². The summed E-state index contributed by atoms with van der Waals surface area (Å²) in [6, 6.07) is 1.90. The summed E-state index contributed by atoms with van der Waals surface area (Å²) >= 11 is 0. The molecule has 2 heterocycles. The van der Waals surface area contributed by atoms with Crippen LogP contribution >= 0.6 is 0 Å². The highest BCUT2D eigenvalue weighted by molar-refractivity contribution is 5.28. The van der Waals surface area contributed by atoms with Crippen molar-refractivity contribution < 1.29 is 0 Å². The minimum atomic E-state index is 0.717. The molecule has 0 saturated heterocycles. The van der Waals surface area contributed by atoms with E-state index in [0.29, 0.717) is 0 Å². The van der Waals surface area contributed by atoms with Crippen molar-refractivity contribution >= 4 is 5.95 Å². The maximum absolute atomic E-state index is 4.29. The van der Waals surface area contributed by atoms with Crippen molar-refractivity contribution in [3.05, 3.63) is 29.6 Å². The van der Waals surface area contributed by atoms with Crippen LogP contribution in [0.2, 0.25) is 0 Å². The number of rotatable bonds is 3. The lowest BCUT2D eigenvalue weighted by Crippen LogP contribution is -2.23. The summed E-state index contributed by atoms with van der Waals surface area (Å²) in [5.41, 5.74) is 2.42. The SMILES string of the molecule is Cc1ccnc(NCC2=CCNCC2)n1. The summed E-state index contributed by atoms with van der Waals surface area (Å²) in [5, 5.41) is 6.52. The molecule has 2 rings (SSSR count). The van der Waals surface area contributed by atoms with E-state index >= 15 is 0 Å². The van der Waals surface area contributed by atoms with Gasteiger partial charge in [0.15, 0.2) is 0 Å². The molecule has 1 aliphatic heterocycles. The Hall–Kier alpha value is -1.42. The lowest BCUT2D eigenvalue weighted by molar-refractivity contribution is 0.697. The summed E-state index contributed by atoms with van der Waals surface area (Å²) in [6.45, 7) is 4.87. The Labute approximate surface area is 89.8 Å². The summed E-state index contributed by atoms with van der Waals surface area (Å²) < 4.78 is 0. The van der Waals surface area contributed by atoms with E-state index < -0.39 is 0 Å². The molecule has 0 aromatic carbocycles. The van der Waals surface area contributed by atoms with Gasteiger partial charge in [-0.05, 0) is 26.0 Å². The van der Waals surface area contributed by atoms with Gasteiger partial charge in [0.2, 0.25) is 5.95 Å². The van der Waals surface area contributed by atoms with Crippen LogP contribution in [0.4, 0.5) is 5.95 Å². The van der Waals surface area contributed by atoms with Crippen LogP contribution < -0.4 is 10.6 Å². The smallest absolute Gasteiger partial charge is 0.223 e. The third-order valence-electron chi connectivity index (χ3n) is 2.43. The number of hydrogen-bond acceptors (Lipinski definition) is 4. The van der Waals surface area contributed by atoms with Gasteiger partial charge in [-0.15, -0.1) is 0 Å². The summed E-state index contributed by atoms with van der Waals surface area (Å²) in [5.74, 6) is 0.717. The average molecular weight is 204 g/mol. The Kier molecular flexibility index (Phi) is 3.29. The number of aryl methyl sites for hydroxylation is 1. The minimum Gasteiger partial charge on any atom is -0.350 e. The molecule has 0 fully saturated rings. The highest BCUT2D eigenvalue weighted by Crippen LogP contribution is 2.06. The van der Waals surface area contributed by atoms with E-state index in [1.165, 1.54) is 5.57 Å². The normalized spacial score (nSPS) is 15.9. The molecular formula is C11H16N4. The van der Waals surface area contributed by atoms with Crippen LogP contribution in [0.15, 0.2) is 23.9 Å². The lowest BCUT2D eigenvalue weighted by atomic mass is 10.1. The number of nitrogens with zero attached hydrogens (tertiary/aromatic N) is 2. The van der Waals surface area contributed by atoms with Gasteiger partial charge in [-0.1, -0.05) is 11.6 Å². The van der Waals surface area contributed by atoms with Crippen molar-refractivity contribution in [3.63, 3.8) is 0 Å². The third-order valence-corrected chi connectivity index (χ3v) is 2.43. The van der Waals surface area contributed by atoms with Crippen molar-refractivity contribution in [2.75, 3.05) is 25.0 Å². The van der Waals surface area contributed by atoms with Gasteiger partial charge in [-0.3, -0.25) is 0 Å². The molecule has 0 radical (unpaired) electrons. The quantitative estimate of drug-likeness (QED) is 0.724. The molecule has 1 aromatic heterocycles. The molecule has 0 saturated carbocycles. The molecule has 0 aliphatic carbocycles. The number of nitrogens with one attached hydrogen (secondary N) is 2. The molecule has 4 heteroatoms. The second-order valence-electron chi connectivity index (χ2n) is 3.69. The van der Waals surface area contributed by atoms with Gasteiger partial charge in [0.25, 0.3) is 0 Å². The minimum absolute atomic E-state index is 0.717.